The van der Waals surface area contributed by atoms with Gasteiger partial charge in [-0.25, -0.2) is 18.4 Å². The van der Waals surface area contributed by atoms with Crippen molar-refractivity contribution in [2.24, 2.45) is 0 Å². The van der Waals surface area contributed by atoms with Crippen molar-refractivity contribution in [1.29, 1.82) is 0 Å². The van der Waals surface area contributed by atoms with E-state index < -0.39 is 10.0 Å². The topological polar surface area (TPSA) is 104 Å². The van der Waals surface area contributed by atoms with Crippen LogP contribution in [-0.2, 0) is 10.0 Å². The van der Waals surface area contributed by atoms with Crippen molar-refractivity contribution in [3.8, 4) is 0 Å². The first-order valence-corrected chi connectivity index (χ1v) is 11.8. The Labute approximate surface area is 188 Å². The van der Waals surface area contributed by atoms with Gasteiger partial charge in [0, 0.05) is 41.4 Å². The van der Waals surface area contributed by atoms with Gasteiger partial charge in [0.25, 0.3) is 5.91 Å². The highest BCUT2D eigenvalue weighted by molar-refractivity contribution is 7.89. The van der Waals surface area contributed by atoms with Crippen molar-refractivity contribution in [3.63, 3.8) is 0 Å². The number of rotatable bonds is 8. The fraction of sp³-hybridized carbons (Fsp3) is 0.261. The molecule has 1 aromatic heterocycles. The van der Waals surface area contributed by atoms with Crippen LogP contribution in [0.3, 0.4) is 0 Å². The Hall–Kier alpha value is -3.30. The normalized spacial score (nSPS) is 11.4. The summed E-state index contributed by atoms with van der Waals surface area (Å²) < 4.78 is 26.5. The number of sulfonamides is 1. The minimum Gasteiger partial charge on any atom is -0.324 e. The van der Waals surface area contributed by atoms with E-state index in [0.717, 1.165) is 17.1 Å². The number of aryl methyl sites for hydroxylation is 2. The minimum absolute atomic E-state index is 0.197. The van der Waals surface area contributed by atoms with Gasteiger partial charge in [-0.1, -0.05) is 13.8 Å². The average Bonchev–Trinajstić information content (AvgIpc) is 2.74. The highest BCUT2D eigenvalue weighted by Crippen LogP contribution is 2.20. The fourth-order valence-electron chi connectivity index (χ4n) is 3.24. The van der Waals surface area contributed by atoms with Crippen molar-refractivity contribution in [3.05, 3.63) is 71.5 Å². The lowest BCUT2D eigenvalue weighted by molar-refractivity contribution is 0.102. The third-order valence-corrected chi connectivity index (χ3v) is 6.91. The Balaban J connectivity index is 1.67. The molecule has 8 nitrogen and oxygen atoms in total. The molecule has 32 heavy (non-hydrogen) atoms. The summed E-state index contributed by atoms with van der Waals surface area (Å²) in [6.07, 6.45) is 0. The number of carbonyl (C=O) groups excluding carboxylic acids is 1. The number of hydrogen-bond donors (Lipinski definition) is 2. The van der Waals surface area contributed by atoms with Crippen LogP contribution in [0.1, 0.15) is 35.6 Å². The number of carbonyl (C=O) groups is 1. The monoisotopic (exact) mass is 453 g/mol. The zero-order valence-corrected chi connectivity index (χ0v) is 19.4. The molecule has 0 radical (unpaired) electrons. The number of nitrogens with zero attached hydrogens (tertiary/aromatic N) is 3. The van der Waals surface area contributed by atoms with Crippen LogP contribution in [0.25, 0.3) is 0 Å². The lowest BCUT2D eigenvalue weighted by atomic mass is 10.2. The second kappa shape index (κ2) is 9.88. The molecule has 1 amide bonds. The highest BCUT2D eigenvalue weighted by atomic mass is 32.2. The van der Waals surface area contributed by atoms with E-state index in [9.17, 15) is 13.2 Å². The Morgan fingerprint density at radius 2 is 1.41 bits per heavy atom. The molecule has 0 bridgehead atoms. The van der Waals surface area contributed by atoms with Gasteiger partial charge in [0.05, 0.1) is 4.90 Å². The van der Waals surface area contributed by atoms with Gasteiger partial charge in [0.2, 0.25) is 16.0 Å². The maximum Gasteiger partial charge on any atom is 0.255 e. The molecule has 0 aliphatic heterocycles. The van der Waals surface area contributed by atoms with Gasteiger partial charge in [-0.15, -0.1) is 0 Å². The first-order valence-electron chi connectivity index (χ1n) is 10.3. The van der Waals surface area contributed by atoms with Crippen LogP contribution in [0.4, 0.5) is 17.3 Å². The summed E-state index contributed by atoms with van der Waals surface area (Å²) >= 11 is 0. The van der Waals surface area contributed by atoms with E-state index in [2.05, 4.69) is 20.6 Å². The molecular weight excluding hydrogens is 426 g/mol. The fourth-order valence-corrected chi connectivity index (χ4v) is 4.70. The van der Waals surface area contributed by atoms with Crippen LogP contribution in [0.5, 0.6) is 0 Å². The molecule has 3 aromatic rings. The first kappa shape index (κ1) is 23.4. The zero-order valence-electron chi connectivity index (χ0n) is 18.6. The van der Waals surface area contributed by atoms with Crippen molar-refractivity contribution >= 4 is 33.3 Å². The van der Waals surface area contributed by atoms with Crippen molar-refractivity contribution in [2.45, 2.75) is 32.6 Å². The Morgan fingerprint density at radius 3 is 1.94 bits per heavy atom. The molecule has 3 rings (SSSR count). The van der Waals surface area contributed by atoms with E-state index in [4.69, 9.17) is 0 Å². The van der Waals surface area contributed by atoms with Gasteiger partial charge in [-0.05, 0) is 68.4 Å². The number of nitrogens with one attached hydrogen (secondary N) is 2. The van der Waals surface area contributed by atoms with Crippen molar-refractivity contribution in [1.82, 2.24) is 14.3 Å². The van der Waals surface area contributed by atoms with Crippen LogP contribution in [0.15, 0.2) is 59.5 Å². The van der Waals surface area contributed by atoms with E-state index in [-0.39, 0.29) is 10.8 Å². The third-order valence-electron chi connectivity index (χ3n) is 4.84. The Kier molecular flexibility index (Phi) is 7.22. The van der Waals surface area contributed by atoms with Gasteiger partial charge < -0.3 is 10.6 Å². The number of benzene rings is 2. The molecule has 0 spiro atoms. The molecule has 2 aromatic carbocycles. The Bertz CT molecular complexity index is 1170. The molecule has 0 atom stereocenters. The Morgan fingerprint density at radius 1 is 0.875 bits per heavy atom. The summed E-state index contributed by atoms with van der Waals surface area (Å²) in [6, 6.07) is 15.0. The smallest absolute Gasteiger partial charge is 0.255 e. The number of aromatic nitrogens is 2. The van der Waals surface area contributed by atoms with Crippen molar-refractivity contribution < 1.29 is 13.2 Å². The zero-order chi connectivity index (χ0) is 23.3. The van der Waals surface area contributed by atoms with E-state index in [0.29, 0.717) is 30.3 Å². The molecule has 0 saturated heterocycles. The largest absolute Gasteiger partial charge is 0.324 e. The van der Waals surface area contributed by atoms with Crippen LogP contribution in [0.2, 0.25) is 0 Å². The van der Waals surface area contributed by atoms with E-state index >= 15 is 0 Å². The number of amides is 1. The SMILES string of the molecule is CCN(CC)S(=O)(=O)c1ccc(NC(=O)c2ccc(Nc3nc(C)cc(C)n3)cc2)cc1. The predicted octanol–water partition coefficient (Wildman–Crippen LogP) is 4.12. The van der Waals surface area contributed by atoms with E-state index in [1.807, 2.05) is 19.9 Å². The minimum atomic E-state index is -3.53. The molecule has 0 fully saturated rings. The predicted molar refractivity (Wildman–Crippen MR) is 126 cm³/mol. The van der Waals surface area contributed by atoms with Gasteiger partial charge >= 0.3 is 0 Å². The lowest BCUT2D eigenvalue weighted by Gasteiger charge is -2.18. The molecule has 0 saturated carbocycles. The van der Waals surface area contributed by atoms with Gasteiger partial charge in [0.1, 0.15) is 0 Å². The van der Waals surface area contributed by atoms with Crippen LogP contribution in [-0.4, -0.2) is 41.7 Å². The standard InChI is InChI=1S/C23H27N5O3S/c1-5-28(6-2)32(30,31)21-13-11-19(12-14-21)26-22(29)18-7-9-20(10-8-18)27-23-24-16(3)15-17(4)25-23/h7-15H,5-6H2,1-4H3,(H,26,29)(H,24,25,27). The van der Waals surface area contributed by atoms with Crippen LogP contribution >= 0.6 is 0 Å². The van der Waals surface area contributed by atoms with Gasteiger partial charge in [-0.3, -0.25) is 4.79 Å². The van der Waals surface area contributed by atoms with E-state index in [1.54, 1.807) is 50.2 Å². The molecule has 9 heteroatoms. The number of anilines is 3. The summed E-state index contributed by atoms with van der Waals surface area (Å²) in [5.74, 6) is 0.206. The van der Waals surface area contributed by atoms with Gasteiger partial charge in [0.15, 0.2) is 0 Å². The second-order valence-electron chi connectivity index (χ2n) is 7.24. The van der Waals surface area contributed by atoms with Crippen LogP contribution in [0, 0.1) is 13.8 Å². The molecule has 168 valence electrons. The molecular formula is C23H27N5O3S. The summed E-state index contributed by atoms with van der Waals surface area (Å²) in [7, 11) is -3.53. The summed E-state index contributed by atoms with van der Waals surface area (Å²) in [5.41, 5.74) is 3.48. The molecule has 2 N–H and O–H groups in total. The molecule has 0 unspecified atom stereocenters. The second-order valence-corrected chi connectivity index (χ2v) is 9.18. The molecule has 1 heterocycles. The number of hydrogen-bond acceptors (Lipinski definition) is 6. The average molecular weight is 454 g/mol. The maximum atomic E-state index is 12.6. The van der Waals surface area contributed by atoms with Crippen molar-refractivity contribution in [2.75, 3.05) is 23.7 Å². The lowest BCUT2D eigenvalue weighted by Crippen LogP contribution is -2.30. The molecule has 0 aliphatic rings. The molecule has 0 aliphatic carbocycles. The van der Waals surface area contributed by atoms with Crippen LogP contribution < -0.4 is 10.6 Å². The maximum absolute atomic E-state index is 12.6. The summed E-state index contributed by atoms with van der Waals surface area (Å²) in [5, 5.41) is 5.91. The highest BCUT2D eigenvalue weighted by Gasteiger charge is 2.21. The van der Waals surface area contributed by atoms with E-state index in [1.165, 1.54) is 16.4 Å². The third kappa shape index (κ3) is 5.49. The summed E-state index contributed by atoms with van der Waals surface area (Å²) in [4.78, 5) is 21.5. The summed E-state index contributed by atoms with van der Waals surface area (Å²) in [6.45, 7) is 8.20. The quantitative estimate of drug-likeness (QED) is 0.532. The first-order chi connectivity index (χ1) is 15.2. The van der Waals surface area contributed by atoms with Gasteiger partial charge in [-0.2, -0.15) is 4.31 Å².